The van der Waals surface area contributed by atoms with E-state index in [0.717, 1.165) is 49.0 Å². The molecule has 7 nitrogen and oxygen atoms in total. The zero-order valence-electron chi connectivity index (χ0n) is 15.2. The number of rotatable bonds is 4. The number of hydrogen-bond acceptors (Lipinski definition) is 5. The topological polar surface area (TPSA) is 66.6 Å². The van der Waals surface area contributed by atoms with E-state index in [4.69, 9.17) is 5.10 Å². The minimum absolute atomic E-state index is 0.194. The molecule has 3 heterocycles. The quantitative estimate of drug-likeness (QED) is 0.709. The predicted molar refractivity (Wildman–Crippen MR) is 102 cm³/mol. The van der Waals surface area contributed by atoms with Crippen molar-refractivity contribution in [3.63, 3.8) is 0 Å². The van der Waals surface area contributed by atoms with Crippen LogP contribution in [-0.2, 0) is 11.2 Å². The number of hydrogen-bond donors (Lipinski definition) is 0. The smallest absolute Gasteiger partial charge is 0.227 e. The number of nitrogens with zero attached hydrogens (tertiary/aromatic N) is 6. The summed E-state index contributed by atoms with van der Waals surface area (Å²) in [6, 6.07) is 13.9. The molecular weight excluding hydrogens is 340 g/mol. The Labute approximate surface area is 157 Å². The molecule has 1 saturated heterocycles. The second kappa shape index (κ2) is 6.64. The molecule has 2 aliphatic rings. The Bertz CT molecular complexity index is 957. The summed E-state index contributed by atoms with van der Waals surface area (Å²) in [5.41, 5.74) is 1.87. The van der Waals surface area contributed by atoms with Gasteiger partial charge in [-0.25, -0.2) is 0 Å². The van der Waals surface area contributed by atoms with Gasteiger partial charge in [0.1, 0.15) is 5.82 Å². The van der Waals surface area contributed by atoms with E-state index in [1.165, 1.54) is 12.8 Å². The Kier molecular flexibility index (Phi) is 3.99. The Morgan fingerprint density at radius 1 is 0.963 bits per heavy atom. The number of benzene rings is 1. The zero-order valence-corrected chi connectivity index (χ0v) is 15.2. The lowest BCUT2D eigenvalue weighted by molar-refractivity contribution is -0.130. The highest BCUT2D eigenvalue weighted by Gasteiger charge is 2.30. The van der Waals surface area contributed by atoms with Crippen LogP contribution in [0.25, 0.3) is 5.65 Å². The number of piperazine rings is 1. The molecule has 3 aromatic rings. The summed E-state index contributed by atoms with van der Waals surface area (Å²) in [5, 5.41) is 13.3. The molecule has 0 atom stereocenters. The Hall–Kier alpha value is -2.96. The van der Waals surface area contributed by atoms with Crippen LogP contribution in [0.1, 0.15) is 30.1 Å². The van der Waals surface area contributed by atoms with Gasteiger partial charge in [0.2, 0.25) is 5.91 Å². The third kappa shape index (κ3) is 3.25. The van der Waals surface area contributed by atoms with E-state index < -0.39 is 0 Å². The average Bonchev–Trinajstić information content (AvgIpc) is 3.47. The number of carbonyl (C=O) groups excluding carboxylic acids is 1. The molecule has 0 bridgehead atoms. The lowest BCUT2D eigenvalue weighted by Gasteiger charge is -2.35. The molecule has 27 heavy (non-hydrogen) atoms. The van der Waals surface area contributed by atoms with Crippen molar-refractivity contribution in [2.24, 2.45) is 0 Å². The lowest BCUT2D eigenvalue weighted by Crippen LogP contribution is -2.49. The fourth-order valence-corrected chi connectivity index (χ4v) is 3.63. The van der Waals surface area contributed by atoms with Gasteiger partial charge in [-0.05, 0) is 30.5 Å². The van der Waals surface area contributed by atoms with Crippen molar-refractivity contribution in [1.29, 1.82) is 0 Å². The highest BCUT2D eigenvalue weighted by Crippen LogP contribution is 2.38. The van der Waals surface area contributed by atoms with Crippen molar-refractivity contribution in [3.8, 4) is 0 Å². The molecule has 0 spiro atoms. The van der Waals surface area contributed by atoms with Crippen LogP contribution >= 0.6 is 0 Å². The van der Waals surface area contributed by atoms with Gasteiger partial charge < -0.3 is 9.80 Å². The van der Waals surface area contributed by atoms with Crippen molar-refractivity contribution < 1.29 is 4.79 Å². The first kappa shape index (κ1) is 16.2. The Morgan fingerprint density at radius 2 is 1.74 bits per heavy atom. The van der Waals surface area contributed by atoms with E-state index in [-0.39, 0.29) is 5.91 Å². The zero-order chi connectivity index (χ0) is 18.2. The number of fused-ring (bicyclic) bond motifs is 1. The van der Waals surface area contributed by atoms with Crippen LogP contribution in [0.5, 0.6) is 0 Å². The largest absolute Gasteiger partial charge is 0.352 e. The minimum Gasteiger partial charge on any atom is -0.352 e. The minimum atomic E-state index is 0.194. The molecule has 7 heteroatoms. The summed E-state index contributed by atoms with van der Waals surface area (Å²) in [7, 11) is 0. The van der Waals surface area contributed by atoms with Crippen LogP contribution in [0.15, 0.2) is 42.5 Å². The first-order chi connectivity index (χ1) is 13.3. The van der Waals surface area contributed by atoms with Gasteiger partial charge in [-0.15, -0.1) is 15.3 Å². The number of carbonyl (C=O) groups is 1. The predicted octanol–water partition coefficient (Wildman–Crippen LogP) is 1.89. The maximum Gasteiger partial charge on any atom is 0.227 e. The fourth-order valence-electron chi connectivity index (χ4n) is 3.63. The van der Waals surface area contributed by atoms with Crippen molar-refractivity contribution >= 4 is 17.4 Å². The monoisotopic (exact) mass is 362 g/mol. The second-order valence-electron chi connectivity index (χ2n) is 7.32. The molecule has 138 valence electrons. The Morgan fingerprint density at radius 3 is 2.48 bits per heavy atom. The third-order valence-electron chi connectivity index (χ3n) is 5.37. The molecular formula is C20H22N6O. The molecule has 5 rings (SSSR count). The summed E-state index contributed by atoms with van der Waals surface area (Å²) in [6.07, 6.45) is 2.82. The molecule has 0 unspecified atom stereocenters. The van der Waals surface area contributed by atoms with E-state index in [0.29, 0.717) is 12.3 Å². The summed E-state index contributed by atoms with van der Waals surface area (Å²) in [6.45, 7) is 3.03. The first-order valence-corrected chi connectivity index (χ1v) is 9.57. The highest BCUT2D eigenvalue weighted by molar-refractivity contribution is 5.79. The third-order valence-corrected chi connectivity index (χ3v) is 5.37. The van der Waals surface area contributed by atoms with Crippen LogP contribution in [0.4, 0.5) is 5.82 Å². The summed E-state index contributed by atoms with van der Waals surface area (Å²) in [5.74, 6) is 2.61. The van der Waals surface area contributed by atoms with Crippen LogP contribution in [0.2, 0.25) is 0 Å². The maximum atomic E-state index is 12.5. The summed E-state index contributed by atoms with van der Waals surface area (Å²) >= 11 is 0. The van der Waals surface area contributed by atoms with E-state index in [2.05, 4.69) is 15.1 Å². The van der Waals surface area contributed by atoms with Crippen LogP contribution in [0, 0.1) is 0 Å². The molecule has 1 amide bonds. The van der Waals surface area contributed by atoms with E-state index >= 15 is 0 Å². The summed E-state index contributed by atoms with van der Waals surface area (Å²) < 4.78 is 1.89. The average molecular weight is 362 g/mol. The number of anilines is 1. The molecule has 1 aromatic carbocycles. The van der Waals surface area contributed by atoms with Gasteiger partial charge in [-0.1, -0.05) is 30.3 Å². The van der Waals surface area contributed by atoms with Gasteiger partial charge in [-0.3, -0.25) is 4.79 Å². The molecule has 2 aromatic heterocycles. The van der Waals surface area contributed by atoms with E-state index in [1.807, 2.05) is 51.9 Å². The second-order valence-corrected chi connectivity index (χ2v) is 7.32. The first-order valence-electron chi connectivity index (χ1n) is 9.57. The molecule has 0 radical (unpaired) electrons. The maximum absolute atomic E-state index is 12.5. The molecule has 1 aliphatic carbocycles. The lowest BCUT2D eigenvalue weighted by atomic mass is 10.1. The van der Waals surface area contributed by atoms with Gasteiger partial charge >= 0.3 is 0 Å². The van der Waals surface area contributed by atoms with Gasteiger partial charge in [-0.2, -0.15) is 4.52 Å². The molecule has 0 N–H and O–H groups in total. The SMILES string of the molecule is O=C(Cc1ccccc1)N1CCN(c2ccc3nnc(C4CC4)n3n2)CC1. The van der Waals surface area contributed by atoms with Gasteiger partial charge in [0.15, 0.2) is 11.5 Å². The fraction of sp³-hybridized carbons (Fsp3) is 0.400. The van der Waals surface area contributed by atoms with Gasteiger partial charge in [0.25, 0.3) is 0 Å². The Balaban J connectivity index is 1.25. The normalized spacial score (nSPS) is 17.5. The number of aromatic nitrogens is 4. The van der Waals surface area contributed by atoms with E-state index in [9.17, 15) is 4.79 Å². The summed E-state index contributed by atoms with van der Waals surface area (Å²) in [4.78, 5) is 16.7. The van der Waals surface area contributed by atoms with Gasteiger partial charge in [0, 0.05) is 32.1 Å². The van der Waals surface area contributed by atoms with Gasteiger partial charge in [0.05, 0.1) is 6.42 Å². The van der Waals surface area contributed by atoms with Crippen molar-refractivity contribution in [3.05, 3.63) is 53.9 Å². The molecule has 1 saturated carbocycles. The van der Waals surface area contributed by atoms with Crippen LogP contribution in [-0.4, -0.2) is 56.8 Å². The van der Waals surface area contributed by atoms with Crippen molar-refractivity contribution in [2.45, 2.75) is 25.2 Å². The highest BCUT2D eigenvalue weighted by atomic mass is 16.2. The van der Waals surface area contributed by atoms with Crippen LogP contribution < -0.4 is 4.90 Å². The molecule has 2 fully saturated rings. The van der Waals surface area contributed by atoms with E-state index in [1.54, 1.807) is 0 Å². The number of amides is 1. The molecule has 1 aliphatic heterocycles. The van der Waals surface area contributed by atoms with Crippen LogP contribution in [0.3, 0.4) is 0 Å². The van der Waals surface area contributed by atoms with Crippen molar-refractivity contribution in [1.82, 2.24) is 24.7 Å². The van der Waals surface area contributed by atoms with Crippen molar-refractivity contribution in [2.75, 3.05) is 31.1 Å². The standard InChI is InChI=1S/C20H22N6O/c27-19(14-15-4-2-1-3-5-15)25-12-10-24(11-13-25)18-9-8-17-21-22-20(16-6-7-16)26(17)23-18/h1-5,8-9,16H,6-7,10-14H2.